The lowest BCUT2D eigenvalue weighted by Gasteiger charge is -2.17. The fourth-order valence-corrected chi connectivity index (χ4v) is 1.36. The van der Waals surface area contributed by atoms with Crippen LogP contribution in [0.3, 0.4) is 0 Å². The molecule has 2 aromatic rings. The number of rotatable bonds is 3. The highest BCUT2D eigenvalue weighted by molar-refractivity contribution is 5.48. The topological polar surface area (TPSA) is 63.8 Å². The first-order valence-corrected chi connectivity index (χ1v) is 5.50. The van der Waals surface area contributed by atoms with E-state index in [0.29, 0.717) is 11.7 Å². The summed E-state index contributed by atoms with van der Waals surface area (Å²) in [4.78, 5) is 8.72. The highest BCUT2D eigenvalue weighted by Gasteiger charge is 2.25. The molecule has 0 aliphatic heterocycles. The minimum absolute atomic E-state index is 0.338. The van der Waals surface area contributed by atoms with Crippen LogP contribution < -0.4 is 5.32 Å². The number of nitrogens with zero attached hydrogens (tertiary/aromatic N) is 3. The third-order valence-corrected chi connectivity index (χ3v) is 2.70. The van der Waals surface area contributed by atoms with Crippen LogP contribution in [0, 0.1) is 6.92 Å². The second kappa shape index (κ2) is 4.25. The van der Waals surface area contributed by atoms with E-state index >= 15 is 0 Å². The third kappa shape index (κ3) is 2.34. The Balaban J connectivity index is 2.36. The molecule has 5 nitrogen and oxygen atoms in total. The number of aryl methyl sites for hydroxylation is 1. The minimum atomic E-state index is -0.338. The van der Waals surface area contributed by atoms with E-state index in [-0.39, 0.29) is 5.54 Å². The molecule has 1 N–H and O–H groups in total. The Morgan fingerprint density at radius 1 is 1.24 bits per heavy atom. The van der Waals surface area contributed by atoms with Crippen LogP contribution >= 0.6 is 0 Å². The fourth-order valence-electron chi connectivity index (χ4n) is 1.36. The Morgan fingerprint density at radius 2 is 2.00 bits per heavy atom. The van der Waals surface area contributed by atoms with E-state index in [0.717, 1.165) is 11.4 Å². The van der Waals surface area contributed by atoms with Gasteiger partial charge in [-0.2, -0.15) is 4.98 Å². The lowest BCUT2D eigenvalue weighted by molar-refractivity contribution is 0.281. The summed E-state index contributed by atoms with van der Waals surface area (Å²) in [5.41, 5.74) is 1.32. The van der Waals surface area contributed by atoms with Crippen molar-refractivity contribution in [2.75, 3.05) is 7.05 Å². The van der Waals surface area contributed by atoms with Gasteiger partial charge in [-0.3, -0.25) is 0 Å². The van der Waals surface area contributed by atoms with Gasteiger partial charge in [0.1, 0.15) is 5.69 Å². The molecule has 0 unspecified atom stereocenters. The van der Waals surface area contributed by atoms with Crippen molar-refractivity contribution in [3.05, 3.63) is 29.8 Å². The quantitative estimate of drug-likeness (QED) is 0.875. The van der Waals surface area contributed by atoms with Gasteiger partial charge >= 0.3 is 0 Å². The molecule has 0 amide bonds. The van der Waals surface area contributed by atoms with E-state index in [4.69, 9.17) is 4.52 Å². The Bertz CT molecular complexity index is 519. The summed E-state index contributed by atoms with van der Waals surface area (Å²) in [5.74, 6) is 1.07. The van der Waals surface area contributed by atoms with Crippen LogP contribution in [-0.4, -0.2) is 22.2 Å². The second-order valence-electron chi connectivity index (χ2n) is 4.46. The van der Waals surface area contributed by atoms with Crippen LogP contribution in [0.4, 0.5) is 0 Å². The molecule has 2 heterocycles. The Kier molecular flexibility index (Phi) is 2.93. The molecule has 0 spiro atoms. The van der Waals surface area contributed by atoms with E-state index in [1.54, 1.807) is 0 Å². The maximum atomic E-state index is 5.25. The van der Waals surface area contributed by atoms with Gasteiger partial charge in [0, 0.05) is 5.69 Å². The van der Waals surface area contributed by atoms with Crippen LogP contribution in [0.5, 0.6) is 0 Å². The highest BCUT2D eigenvalue weighted by Crippen LogP contribution is 2.20. The zero-order valence-electron chi connectivity index (χ0n) is 10.5. The number of nitrogens with one attached hydrogen (secondary N) is 1. The van der Waals surface area contributed by atoms with Crippen molar-refractivity contribution in [3.8, 4) is 11.5 Å². The monoisotopic (exact) mass is 232 g/mol. The number of aromatic nitrogens is 3. The van der Waals surface area contributed by atoms with Gasteiger partial charge in [-0.15, -0.1) is 0 Å². The first kappa shape index (κ1) is 11.7. The predicted octanol–water partition coefficient (Wildman–Crippen LogP) is 1.89. The van der Waals surface area contributed by atoms with Crippen molar-refractivity contribution in [2.45, 2.75) is 26.3 Å². The molecule has 5 heteroatoms. The molecule has 0 aliphatic rings. The largest absolute Gasteiger partial charge is 0.337 e. The third-order valence-electron chi connectivity index (χ3n) is 2.70. The van der Waals surface area contributed by atoms with Crippen molar-refractivity contribution in [2.24, 2.45) is 0 Å². The summed E-state index contributed by atoms with van der Waals surface area (Å²) >= 11 is 0. The molecule has 2 rings (SSSR count). The van der Waals surface area contributed by atoms with Gasteiger partial charge in [0.15, 0.2) is 0 Å². The summed E-state index contributed by atoms with van der Waals surface area (Å²) in [6, 6.07) is 5.73. The maximum Gasteiger partial charge on any atom is 0.246 e. The molecule has 0 saturated heterocycles. The van der Waals surface area contributed by atoms with Crippen molar-refractivity contribution < 1.29 is 4.52 Å². The lowest BCUT2D eigenvalue weighted by Crippen LogP contribution is -2.33. The molecule has 0 aliphatic carbocycles. The van der Waals surface area contributed by atoms with Crippen LogP contribution in [0.15, 0.2) is 22.7 Å². The maximum absolute atomic E-state index is 5.25. The van der Waals surface area contributed by atoms with Gasteiger partial charge in [-0.1, -0.05) is 11.2 Å². The first-order valence-electron chi connectivity index (χ1n) is 5.50. The van der Waals surface area contributed by atoms with Gasteiger partial charge in [0.2, 0.25) is 11.7 Å². The first-order chi connectivity index (χ1) is 8.03. The van der Waals surface area contributed by atoms with E-state index in [1.165, 1.54) is 0 Å². The van der Waals surface area contributed by atoms with Crippen LogP contribution in [0.2, 0.25) is 0 Å². The molecule has 0 fully saturated rings. The van der Waals surface area contributed by atoms with Gasteiger partial charge in [0.05, 0.1) is 5.54 Å². The predicted molar refractivity (Wildman–Crippen MR) is 64.4 cm³/mol. The zero-order valence-corrected chi connectivity index (χ0v) is 10.5. The zero-order chi connectivity index (χ0) is 12.5. The van der Waals surface area contributed by atoms with E-state index in [2.05, 4.69) is 20.4 Å². The average molecular weight is 232 g/mol. The minimum Gasteiger partial charge on any atom is -0.337 e. The molecule has 0 aromatic carbocycles. The summed E-state index contributed by atoms with van der Waals surface area (Å²) in [6.45, 7) is 5.89. The SMILES string of the molecule is CNC(C)(C)c1nc(-c2cccc(C)n2)no1. The summed E-state index contributed by atoms with van der Waals surface area (Å²) in [6.07, 6.45) is 0. The molecule has 0 saturated carbocycles. The molecule has 0 bridgehead atoms. The Morgan fingerprint density at radius 3 is 2.65 bits per heavy atom. The van der Waals surface area contributed by atoms with Gasteiger partial charge in [0.25, 0.3) is 0 Å². The van der Waals surface area contributed by atoms with Gasteiger partial charge in [-0.05, 0) is 40.0 Å². The Labute approximate surface area is 100 Å². The standard InChI is InChI=1S/C12H16N4O/c1-8-6-5-7-9(14-8)10-15-11(17-16-10)12(2,3)13-4/h5-7,13H,1-4H3. The van der Waals surface area contributed by atoms with Crippen molar-refractivity contribution in [3.63, 3.8) is 0 Å². The molecule has 2 aromatic heterocycles. The van der Waals surface area contributed by atoms with Crippen LogP contribution in [-0.2, 0) is 5.54 Å². The second-order valence-corrected chi connectivity index (χ2v) is 4.46. The average Bonchev–Trinajstić information content (AvgIpc) is 2.79. The van der Waals surface area contributed by atoms with E-state index < -0.39 is 0 Å². The normalized spacial score (nSPS) is 11.8. The number of hydrogen-bond acceptors (Lipinski definition) is 5. The molecule has 0 radical (unpaired) electrons. The van der Waals surface area contributed by atoms with Gasteiger partial charge < -0.3 is 9.84 Å². The summed E-state index contributed by atoms with van der Waals surface area (Å²) in [7, 11) is 1.86. The van der Waals surface area contributed by atoms with E-state index in [1.807, 2.05) is 46.0 Å². The summed E-state index contributed by atoms with van der Waals surface area (Å²) < 4.78 is 5.25. The highest BCUT2D eigenvalue weighted by atomic mass is 16.5. The van der Waals surface area contributed by atoms with Crippen molar-refractivity contribution in [1.29, 1.82) is 0 Å². The number of pyridine rings is 1. The van der Waals surface area contributed by atoms with Crippen LogP contribution in [0.25, 0.3) is 11.5 Å². The van der Waals surface area contributed by atoms with Crippen molar-refractivity contribution in [1.82, 2.24) is 20.4 Å². The van der Waals surface area contributed by atoms with E-state index in [9.17, 15) is 0 Å². The molecule has 0 atom stereocenters. The van der Waals surface area contributed by atoms with Crippen LogP contribution in [0.1, 0.15) is 25.4 Å². The number of hydrogen-bond donors (Lipinski definition) is 1. The van der Waals surface area contributed by atoms with Gasteiger partial charge in [-0.25, -0.2) is 4.98 Å². The molecular weight excluding hydrogens is 216 g/mol. The smallest absolute Gasteiger partial charge is 0.246 e. The summed E-state index contributed by atoms with van der Waals surface area (Å²) in [5, 5.41) is 7.07. The fraction of sp³-hybridized carbons (Fsp3) is 0.417. The molecular formula is C12H16N4O. The Hall–Kier alpha value is -1.75. The lowest BCUT2D eigenvalue weighted by atomic mass is 10.1. The molecule has 17 heavy (non-hydrogen) atoms. The van der Waals surface area contributed by atoms with Crippen molar-refractivity contribution >= 4 is 0 Å². The molecule has 90 valence electrons.